The van der Waals surface area contributed by atoms with Gasteiger partial charge in [0.05, 0.1) is 12.2 Å². The van der Waals surface area contributed by atoms with Crippen LogP contribution in [0, 0.1) is 5.41 Å². The van der Waals surface area contributed by atoms with E-state index in [1.165, 1.54) is 0 Å². The number of nitrogens with one attached hydrogen (secondary N) is 1. The zero-order valence-electron chi connectivity index (χ0n) is 13.1. The second-order valence-electron chi connectivity index (χ2n) is 7.14. The summed E-state index contributed by atoms with van der Waals surface area (Å²) < 4.78 is 5.82. The number of nitrogens with zero attached hydrogens (tertiary/aromatic N) is 1. The van der Waals surface area contributed by atoms with Crippen molar-refractivity contribution in [3.8, 4) is 0 Å². The average molecular weight is 282 g/mol. The summed E-state index contributed by atoms with van der Waals surface area (Å²) in [5.41, 5.74) is -0.288. The molecule has 2 fully saturated rings. The maximum atomic E-state index is 12.5. The van der Waals surface area contributed by atoms with Crippen LogP contribution in [-0.2, 0) is 14.3 Å². The lowest BCUT2D eigenvalue weighted by atomic mass is 9.83. The molecule has 0 spiro atoms. The Morgan fingerprint density at radius 3 is 2.40 bits per heavy atom. The highest BCUT2D eigenvalue weighted by atomic mass is 16.5. The molecule has 1 N–H and O–H groups in total. The van der Waals surface area contributed by atoms with Gasteiger partial charge in [0.25, 0.3) is 0 Å². The smallest absolute Gasteiger partial charge is 0.245 e. The van der Waals surface area contributed by atoms with Gasteiger partial charge in [-0.25, -0.2) is 0 Å². The van der Waals surface area contributed by atoms with Crippen LogP contribution in [0.3, 0.4) is 0 Å². The number of carbonyl (C=O) groups excluding carboxylic acids is 2. The molecule has 114 valence electrons. The van der Waals surface area contributed by atoms with Crippen molar-refractivity contribution in [1.29, 1.82) is 0 Å². The maximum Gasteiger partial charge on any atom is 0.245 e. The lowest BCUT2D eigenvalue weighted by Crippen LogP contribution is -2.66. The number of ether oxygens (including phenoxy) is 1. The zero-order valence-corrected chi connectivity index (χ0v) is 13.1. The van der Waals surface area contributed by atoms with Crippen molar-refractivity contribution in [3.63, 3.8) is 0 Å². The van der Waals surface area contributed by atoms with Crippen LogP contribution in [0.2, 0.25) is 0 Å². The molecule has 2 heterocycles. The number of rotatable bonds is 2. The molecule has 2 aliphatic heterocycles. The van der Waals surface area contributed by atoms with Crippen molar-refractivity contribution in [1.82, 2.24) is 10.2 Å². The fraction of sp³-hybridized carbons (Fsp3) is 0.867. The third kappa shape index (κ3) is 2.97. The predicted molar refractivity (Wildman–Crippen MR) is 76.1 cm³/mol. The minimum atomic E-state index is -0.445. The second-order valence-corrected chi connectivity index (χ2v) is 7.14. The Hall–Kier alpha value is -1.10. The van der Waals surface area contributed by atoms with E-state index in [-0.39, 0.29) is 29.4 Å². The minimum Gasteiger partial charge on any atom is -0.373 e. The van der Waals surface area contributed by atoms with Gasteiger partial charge in [0.2, 0.25) is 11.8 Å². The summed E-state index contributed by atoms with van der Waals surface area (Å²) in [6, 6.07) is -0.870. The number of amides is 2. The molecular weight excluding hydrogens is 256 g/mol. The fourth-order valence-electron chi connectivity index (χ4n) is 3.17. The largest absolute Gasteiger partial charge is 0.373 e. The fourth-order valence-corrected chi connectivity index (χ4v) is 3.17. The van der Waals surface area contributed by atoms with Crippen LogP contribution in [0.1, 0.15) is 47.5 Å². The minimum absolute atomic E-state index is 0.00678. The topological polar surface area (TPSA) is 58.6 Å². The van der Waals surface area contributed by atoms with Crippen molar-refractivity contribution in [2.24, 2.45) is 5.41 Å². The van der Waals surface area contributed by atoms with Crippen molar-refractivity contribution >= 4 is 11.8 Å². The molecule has 2 saturated heterocycles. The Morgan fingerprint density at radius 1 is 1.25 bits per heavy atom. The standard InChI is InChI=1S/C15H26N2O3/c1-9-6-7-11(20-9)8-17-12(15(3,4)5)13(18)16-10(2)14(17)19/h9-12H,6-8H2,1-5H3,(H,16,18). The van der Waals surface area contributed by atoms with Crippen molar-refractivity contribution in [2.75, 3.05) is 6.54 Å². The number of hydrogen-bond acceptors (Lipinski definition) is 3. The zero-order chi connectivity index (χ0) is 15.1. The number of carbonyl (C=O) groups is 2. The number of hydrogen-bond donors (Lipinski definition) is 1. The molecule has 0 aromatic carbocycles. The van der Waals surface area contributed by atoms with Crippen molar-refractivity contribution < 1.29 is 14.3 Å². The summed E-state index contributed by atoms with van der Waals surface area (Å²) in [7, 11) is 0. The Bertz CT molecular complexity index is 402. The molecule has 2 rings (SSSR count). The van der Waals surface area contributed by atoms with Gasteiger partial charge >= 0.3 is 0 Å². The van der Waals surface area contributed by atoms with E-state index in [1.54, 1.807) is 11.8 Å². The SMILES string of the molecule is CC1CCC(CN2C(=O)C(C)NC(=O)C2C(C)(C)C)O1. The van der Waals surface area contributed by atoms with E-state index in [2.05, 4.69) is 12.2 Å². The summed E-state index contributed by atoms with van der Waals surface area (Å²) >= 11 is 0. The second kappa shape index (κ2) is 5.35. The van der Waals surface area contributed by atoms with Gasteiger partial charge in [0.1, 0.15) is 12.1 Å². The Balaban J connectivity index is 2.18. The first kappa shape index (κ1) is 15.3. The van der Waals surface area contributed by atoms with E-state index in [1.807, 2.05) is 20.8 Å². The van der Waals surface area contributed by atoms with Crippen LogP contribution in [-0.4, -0.2) is 47.6 Å². The van der Waals surface area contributed by atoms with Gasteiger partial charge in [-0.15, -0.1) is 0 Å². The monoisotopic (exact) mass is 282 g/mol. The normalized spacial score (nSPS) is 35.4. The van der Waals surface area contributed by atoms with E-state index in [4.69, 9.17) is 4.74 Å². The van der Waals surface area contributed by atoms with Crippen LogP contribution in [0.15, 0.2) is 0 Å². The summed E-state index contributed by atoms with van der Waals surface area (Å²) in [6.07, 6.45) is 2.28. The summed E-state index contributed by atoms with van der Waals surface area (Å²) in [5, 5.41) is 2.78. The highest BCUT2D eigenvalue weighted by Crippen LogP contribution is 2.30. The summed E-state index contributed by atoms with van der Waals surface area (Å²) in [4.78, 5) is 26.5. The Morgan fingerprint density at radius 2 is 1.90 bits per heavy atom. The molecular formula is C15H26N2O3. The van der Waals surface area contributed by atoms with Gasteiger partial charge in [0.15, 0.2) is 0 Å². The van der Waals surface area contributed by atoms with Gasteiger partial charge in [-0.3, -0.25) is 9.59 Å². The third-order valence-electron chi connectivity index (χ3n) is 4.11. The maximum absolute atomic E-state index is 12.5. The number of piperazine rings is 1. The predicted octanol–water partition coefficient (Wildman–Crippen LogP) is 1.32. The molecule has 0 aromatic heterocycles. The van der Waals surface area contributed by atoms with E-state index < -0.39 is 12.1 Å². The van der Waals surface area contributed by atoms with E-state index in [9.17, 15) is 9.59 Å². The van der Waals surface area contributed by atoms with Crippen LogP contribution in [0.25, 0.3) is 0 Å². The lowest BCUT2D eigenvalue weighted by Gasteiger charge is -2.44. The molecule has 2 aliphatic rings. The highest BCUT2D eigenvalue weighted by Gasteiger charge is 2.45. The Kier molecular flexibility index (Phi) is 4.09. The van der Waals surface area contributed by atoms with Crippen LogP contribution >= 0.6 is 0 Å². The van der Waals surface area contributed by atoms with E-state index in [0.717, 1.165) is 12.8 Å². The highest BCUT2D eigenvalue weighted by molar-refractivity contribution is 5.97. The Labute approximate surface area is 121 Å². The first-order valence-corrected chi connectivity index (χ1v) is 7.46. The van der Waals surface area contributed by atoms with E-state index in [0.29, 0.717) is 6.54 Å². The van der Waals surface area contributed by atoms with Gasteiger partial charge < -0.3 is 15.0 Å². The molecule has 5 heteroatoms. The quantitative estimate of drug-likeness (QED) is 0.831. The summed E-state index contributed by atoms with van der Waals surface area (Å²) in [5.74, 6) is -0.0664. The third-order valence-corrected chi connectivity index (χ3v) is 4.11. The molecule has 4 atom stereocenters. The van der Waals surface area contributed by atoms with Crippen LogP contribution < -0.4 is 5.32 Å². The van der Waals surface area contributed by atoms with Gasteiger partial charge in [-0.1, -0.05) is 20.8 Å². The van der Waals surface area contributed by atoms with Crippen molar-refractivity contribution in [2.45, 2.75) is 71.8 Å². The first-order valence-electron chi connectivity index (χ1n) is 7.46. The molecule has 5 nitrogen and oxygen atoms in total. The van der Waals surface area contributed by atoms with E-state index >= 15 is 0 Å². The van der Waals surface area contributed by atoms with Gasteiger partial charge in [-0.05, 0) is 32.1 Å². The molecule has 20 heavy (non-hydrogen) atoms. The molecule has 0 aliphatic carbocycles. The van der Waals surface area contributed by atoms with Gasteiger partial charge in [0, 0.05) is 6.54 Å². The molecule has 0 radical (unpaired) electrons. The average Bonchev–Trinajstić information content (AvgIpc) is 2.69. The molecule has 0 bridgehead atoms. The molecule has 0 saturated carbocycles. The molecule has 2 amide bonds. The first-order chi connectivity index (χ1) is 9.20. The molecule has 4 unspecified atom stereocenters. The summed E-state index contributed by atoms with van der Waals surface area (Å²) in [6.45, 7) is 10.3. The lowest BCUT2D eigenvalue weighted by molar-refractivity contribution is -0.155. The van der Waals surface area contributed by atoms with Gasteiger partial charge in [-0.2, -0.15) is 0 Å². The van der Waals surface area contributed by atoms with Crippen molar-refractivity contribution in [3.05, 3.63) is 0 Å². The molecule has 0 aromatic rings. The van der Waals surface area contributed by atoms with Crippen LogP contribution in [0.4, 0.5) is 0 Å². The van der Waals surface area contributed by atoms with Crippen LogP contribution in [0.5, 0.6) is 0 Å².